The first-order chi connectivity index (χ1) is 12.4. The predicted molar refractivity (Wildman–Crippen MR) is 103 cm³/mol. The highest BCUT2D eigenvalue weighted by atomic mass is 16.2. The number of carbonyl (C=O) groups excluding carboxylic acids is 2. The van der Waals surface area contributed by atoms with Crippen LogP contribution in [0, 0.1) is 6.92 Å². The summed E-state index contributed by atoms with van der Waals surface area (Å²) in [5.41, 5.74) is 1.68. The van der Waals surface area contributed by atoms with E-state index in [1.54, 1.807) is 14.0 Å². The van der Waals surface area contributed by atoms with E-state index in [0.29, 0.717) is 38.4 Å². The zero-order valence-corrected chi connectivity index (χ0v) is 16.1. The van der Waals surface area contributed by atoms with Gasteiger partial charge in [0.2, 0.25) is 0 Å². The van der Waals surface area contributed by atoms with Crippen LogP contribution in [-0.2, 0) is 11.3 Å². The molecule has 0 aromatic heterocycles. The second kappa shape index (κ2) is 8.69. The molecule has 0 radical (unpaired) electrons. The first kappa shape index (κ1) is 19.8. The van der Waals surface area contributed by atoms with Crippen molar-refractivity contribution in [2.24, 2.45) is 4.99 Å². The monoisotopic (exact) mass is 359 g/mol. The third-order valence-electron chi connectivity index (χ3n) is 4.83. The summed E-state index contributed by atoms with van der Waals surface area (Å²) >= 11 is 0. The van der Waals surface area contributed by atoms with Crippen LogP contribution in [0.1, 0.15) is 37.8 Å². The number of amides is 3. The maximum atomic E-state index is 12.3. The summed E-state index contributed by atoms with van der Waals surface area (Å²) < 4.78 is 0. The molecule has 1 aliphatic rings. The van der Waals surface area contributed by atoms with Gasteiger partial charge < -0.3 is 16.0 Å². The predicted octanol–water partition coefficient (Wildman–Crippen LogP) is 1.77. The number of aliphatic imine (C=N–C) groups is 1. The van der Waals surface area contributed by atoms with Gasteiger partial charge in [-0.15, -0.1) is 0 Å². The minimum absolute atomic E-state index is 0.146. The van der Waals surface area contributed by atoms with Gasteiger partial charge >= 0.3 is 6.03 Å². The third kappa shape index (κ3) is 4.53. The van der Waals surface area contributed by atoms with Crippen molar-refractivity contribution in [1.29, 1.82) is 0 Å². The van der Waals surface area contributed by atoms with E-state index in [0.717, 1.165) is 0 Å². The van der Waals surface area contributed by atoms with Gasteiger partial charge in [-0.1, -0.05) is 31.2 Å². The summed E-state index contributed by atoms with van der Waals surface area (Å²) in [7, 11) is 1.72. The normalized spacial score (nSPS) is 20.3. The Balaban J connectivity index is 1.75. The first-order valence-electron chi connectivity index (χ1n) is 9.04. The molecule has 1 saturated heterocycles. The molecule has 3 N–H and O–H groups in total. The van der Waals surface area contributed by atoms with Crippen molar-refractivity contribution >= 4 is 17.9 Å². The standard InChI is InChI=1S/C19H29N5O2/c1-5-19(3)16(25)24(18(26)23-19)12-8-11-21-17(20-4)22-13-15-10-7-6-9-14(15)2/h6-7,9-10H,5,8,11-13H2,1-4H3,(H,23,26)(H2,20,21,22). The summed E-state index contributed by atoms with van der Waals surface area (Å²) in [6, 6.07) is 7.89. The molecule has 1 aromatic rings. The molecule has 0 spiro atoms. The Bertz CT molecular complexity index is 688. The van der Waals surface area contributed by atoms with E-state index in [1.165, 1.54) is 16.0 Å². The highest BCUT2D eigenvalue weighted by molar-refractivity contribution is 6.06. The van der Waals surface area contributed by atoms with Gasteiger partial charge in [0.1, 0.15) is 5.54 Å². The van der Waals surface area contributed by atoms with Crippen molar-refractivity contribution in [3.8, 4) is 0 Å². The van der Waals surface area contributed by atoms with Crippen molar-refractivity contribution in [3.05, 3.63) is 35.4 Å². The molecule has 3 amide bonds. The van der Waals surface area contributed by atoms with E-state index < -0.39 is 5.54 Å². The molecule has 0 aliphatic carbocycles. The third-order valence-corrected chi connectivity index (χ3v) is 4.83. The number of guanidine groups is 1. The van der Waals surface area contributed by atoms with Crippen LogP contribution in [0.2, 0.25) is 0 Å². The van der Waals surface area contributed by atoms with Crippen LogP contribution in [-0.4, -0.2) is 48.5 Å². The summed E-state index contributed by atoms with van der Waals surface area (Å²) in [6.45, 7) is 7.44. The molecule has 1 fully saturated rings. The molecule has 142 valence electrons. The van der Waals surface area contributed by atoms with Gasteiger partial charge in [-0.05, 0) is 37.8 Å². The number of imide groups is 1. The van der Waals surface area contributed by atoms with Gasteiger partial charge in [0.15, 0.2) is 5.96 Å². The molecule has 1 atom stereocenters. The molecule has 1 aliphatic heterocycles. The SMILES string of the molecule is CCC1(C)NC(=O)N(CCCNC(=NC)NCc2ccccc2C)C1=O. The summed E-state index contributed by atoms with van der Waals surface area (Å²) in [4.78, 5) is 29.8. The van der Waals surface area contributed by atoms with Crippen LogP contribution in [0.4, 0.5) is 4.79 Å². The fraction of sp³-hybridized carbons (Fsp3) is 0.526. The highest BCUT2D eigenvalue weighted by Gasteiger charge is 2.45. The van der Waals surface area contributed by atoms with E-state index >= 15 is 0 Å². The van der Waals surface area contributed by atoms with Gasteiger partial charge in [-0.25, -0.2) is 4.79 Å². The average Bonchev–Trinajstić information content (AvgIpc) is 2.85. The molecular formula is C19H29N5O2. The zero-order valence-electron chi connectivity index (χ0n) is 16.1. The van der Waals surface area contributed by atoms with Crippen LogP contribution in [0.5, 0.6) is 0 Å². The van der Waals surface area contributed by atoms with Crippen molar-refractivity contribution < 1.29 is 9.59 Å². The maximum Gasteiger partial charge on any atom is 0.325 e. The van der Waals surface area contributed by atoms with Crippen LogP contribution in [0.25, 0.3) is 0 Å². The number of hydrogen-bond acceptors (Lipinski definition) is 3. The Morgan fingerprint density at radius 3 is 2.62 bits per heavy atom. The Hall–Kier alpha value is -2.57. The quantitative estimate of drug-likeness (QED) is 0.300. The molecule has 26 heavy (non-hydrogen) atoms. The second-order valence-electron chi connectivity index (χ2n) is 6.71. The molecule has 7 nitrogen and oxygen atoms in total. The Morgan fingerprint density at radius 1 is 1.27 bits per heavy atom. The first-order valence-corrected chi connectivity index (χ1v) is 9.04. The fourth-order valence-electron chi connectivity index (χ4n) is 2.84. The molecular weight excluding hydrogens is 330 g/mol. The van der Waals surface area contributed by atoms with Gasteiger partial charge in [0.05, 0.1) is 0 Å². The molecule has 1 aromatic carbocycles. The molecule has 0 saturated carbocycles. The summed E-state index contributed by atoms with van der Waals surface area (Å²) in [6.07, 6.45) is 1.24. The largest absolute Gasteiger partial charge is 0.356 e. The second-order valence-corrected chi connectivity index (χ2v) is 6.71. The van der Waals surface area contributed by atoms with Crippen molar-refractivity contribution in [2.75, 3.05) is 20.1 Å². The van der Waals surface area contributed by atoms with Crippen molar-refractivity contribution in [1.82, 2.24) is 20.9 Å². The average molecular weight is 359 g/mol. The van der Waals surface area contributed by atoms with E-state index in [4.69, 9.17) is 0 Å². The van der Waals surface area contributed by atoms with E-state index in [1.807, 2.05) is 19.1 Å². The lowest BCUT2D eigenvalue weighted by molar-refractivity contribution is -0.130. The number of benzene rings is 1. The molecule has 1 heterocycles. The smallest absolute Gasteiger partial charge is 0.325 e. The number of carbonyl (C=O) groups is 2. The van der Waals surface area contributed by atoms with Crippen molar-refractivity contribution in [2.45, 2.75) is 45.7 Å². The topological polar surface area (TPSA) is 85.8 Å². The van der Waals surface area contributed by atoms with E-state index in [9.17, 15) is 9.59 Å². The summed E-state index contributed by atoms with van der Waals surface area (Å²) in [5.74, 6) is 0.552. The lowest BCUT2D eigenvalue weighted by Crippen LogP contribution is -2.43. The number of urea groups is 1. The molecule has 0 bridgehead atoms. The molecule has 7 heteroatoms. The Kier molecular flexibility index (Phi) is 6.60. The van der Waals surface area contributed by atoms with Gasteiger partial charge in [-0.2, -0.15) is 0 Å². The van der Waals surface area contributed by atoms with Crippen LogP contribution in [0.3, 0.4) is 0 Å². The van der Waals surface area contributed by atoms with Crippen LogP contribution < -0.4 is 16.0 Å². The minimum atomic E-state index is -0.768. The van der Waals surface area contributed by atoms with Gasteiger partial charge in [-0.3, -0.25) is 14.7 Å². The van der Waals surface area contributed by atoms with Crippen LogP contribution >= 0.6 is 0 Å². The maximum absolute atomic E-state index is 12.3. The minimum Gasteiger partial charge on any atom is -0.356 e. The molecule has 1 unspecified atom stereocenters. The number of nitrogens with zero attached hydrogens (tertiary/aromatic N) is 2. The molecule has 2 rings (SSSR count). The number of aryl methyl sites for hydroxylation is 1. The van der Waals surface area contributed by atoms with Crippen LogP contribution in [0.15, 0.2) is 29.3 Å². The Morgan fingerprint density at radius 2 is 2.00 bits per heavy atom. The Labute approximate surface area is 155 Å². The lowest BCUT2D eigenvalue weighted by atomic mass is 9.99. The highest BCUT2D eigenvalue weighted by Crippen LogP contribution is 2.20. The number of hydrogen-bond donors (Lipinski definition) is 3. The number of nitrogens with one attached hydrogen (secondary N) is 3. The van der Waals surface area contributed by atoms with E-state index in [2.05, 4.69) is 40.0 Å². The van der Waals surface area contributed by atoms with Gasteiger partial charge in [0.25, 0.3) is 5.91 Å². The summed E-state index contributed by atoms with van der Waals surface area (Å²) in [5, 5.41) is 9.26. The number of rotatable bonds is 7. The van der Waals surface area contributed by atoms with E-state index in [-0.39, 0.29) is 11.9 Å². The zero-order chi connectivity index (χ0) is 19.2. The van der Waals surface area contributed by atoms with Gasteiger partial charge in [0, 0.05) is 26.7 Å². The fourth-order valence-corrected chi connectivity index (χ4v) is 2.84. The lowest BCUT2D eigenvalue weighted by Gasteiger charge is -2.19. The van der Waals surface area contributed by atoms with Crippen molar-refractivity contribution in [3.63, 3.8) is 0 Å².